The molecule has 0 amide bonds. The highest BCUT2D eigenvalue weighted by atomic mass is 15.3. The van der Waals surface area contributed by atoms with E-state index in [4.69, 9.17) is 0 Å². The minimum Gasteiger partial charge on any atom is -0.308 e. The Morgan fingerprint density at radius 3 is 2.47 bits per heavy atom. The summed E-state index contributed by atoms with van der Waals surface area (Å²) in [4.78, 5) is 2.82. The third-order valence-corrected chi connectivity index (χ3v) is 5.63. The predicted octanol–water partition coefficient (Wildman–Crippen LogP) is 3.81. The van der Waals surface area contributed by atoms with Crippen LogP contribution < -0.4 is 5.32 Å². The summed E-state index contributed by atoms with van der Waals surface area (Å²) in [7, 11) is 0. The van der Waals surface area contributed by atoms with Gasteiger partial charge in [-0.2, -0.15) is 0 Å². The molecule has 0 aromatic heterocycles. The van der Waals surface area contributed by atoms with Crippen molar-refractivity contribution in [2.75, 3.05) is 19.6 Å². The summed E-state index contributed by atoms with van der Waals surface area (Å²) in [5, 5.41) is 3.92. The van der Waals surface area contributed by atoms with Gasteiger partial charge in [0.15, 0.2) is 0 Å². The third kappa shape index (κ3) is 3.52. The molecule has 112 valence electrons. The van der Waals surface area contributed by atoms with E-state index in [1.807, 2.05) is 0 Å². The molecule has 2 rings (SSSR count). The Morgan fingerprint density at radius 1 is 1.21 bits per heavy atom. The van der Waals surface area contributed by atoms with Gasteiger partial charge in [-0.25, -0.2) is 0 Å². The Labute approximate surface area is 120 Å². The minimum absolute atomic E-state index is 0.380. The third-order valence-electron chi connectivity index (χ3n) is 5.63. The zero-order valence-corrected chi connectivity index (χ0v) is 13.6. The Balaban J connectivity index is 1.96. The van der Waals surface area contributed by atoms with Gasteiger partial charge in [-0.15, -0.1) is 0 Å². The van der Waals surface area contributed by atoms with Gasteiger partial charge in [0.1, 0.15) is 0 Å². The molecule has 1 aliphatic heterocycles. The second kappa shape index (κ2) is 6.13. The van der Waals surface area contributed by atoms with Crippen LogP contribution in [0.1, 0.15) is 72.6 Å². The van der Waals surface area contributed by atoms with Crippen molar-refractivity contribution in [3.05, 3.63) is 0 Å². The Bertz CT molecular complexity index is 281. The van der Waals surface area contributed by atoms with Crippen molar-refractivity contribution in [2.24, 2.45) is 5.92 Å². The molecule has 1 unspecified atom stereocenters. The summed E-state index contributed by atoms with van der Waals surface area (Å²) in [6.45, 7) is 13.3. The van der Waals surface area contributed by atoms with Gasteiger partial charge >= 0.3 is 0 Å². The lowest BCUT2D eigenvalue weighted by molar-refractivity contribution is 0.0127. The molecule has 1 spiro atoms. The molecule has 1 atom stereocenters. The van der Waals surface area contributed by atoms with Crippen LogP contribution >= 0.6 is 0 Å². The lowest BCUT2D eigenvalue weighted by Gasteiger charge is -2.52. The molecule has 0 bridgehead atoms. The van der Waals surface area contributed by atoms with Crippen LogP contribution in [0.25, 0.3) is 0 Å². The maximum atomic E-state index is 3.92. The van der Waals surface area contributed by atoms with Gasteiger partial charge in [-0.3, -0.25) is 4.90 Å². The molecule has 0 radical (unpaired) electrons. The number of nitrogens with zero attached hydrogens (tertiary/aromatic N) is 1. The Morgan fingerprint density at radius 2 is 1.89 bits per heavy atom. The van der Waals surface area contributed by atoms with Crippen molar-refractivity contribution >= 4 is 0 Å². The quantitative estimate of drug-likeness (QED) is 0.814. The van der Waals surface area contributed by atoms with Crippen LogP contribution in [0.15, 0.2) is 0 Å². The van der Waals surface area contributed by atoms with E-state index in [1.54, 1.807) is 0 Å². The van der Waals surface area contributed by atoms with E-state index in [0.29, 0.717) is 11.1 Å². The number of hydrogen-bond acceptors (Lipinski definition) is 2. The highest BCUT2D eigenvalue weighted by Crippen LogP contribution is 2.36. The summed E-state index contributed by atoms with van der Waals surface area (Å²) in [5.74, 6) is 0.844. The number of rotatable bonds is 5. The molecule has 1 aliphatic carbocycles. The zero-order chi connectivity index (χ0) is 13.9. The second-order valence-corrected chi connectivity index (χ2v) is 7.65. The van der Waals surface area contributed by atoms with E-state index >= 15 is 0 Å². The summed E-state index contributed by atoms with van der Waals surface area (Å²) in [6, 6.07) is 0. The molecular weight excluding hydrogens is 232 g/mol. The lowest BCUT2D eigenvalue weighted by atomic mass is 9.85. The average Bonchev–Trinajstić information content (AvgIpc) is 2.82. The fourth-order valence-corrected chi connectivity index (χ4v) is 3.88. The van der Waals surface area contributed by atoms with Crippen LogP contribution in [-0.2, 0) is 0 Å². The summed E-state index contributed by atoms with van der Waals surface area (Å²) in [5.41, 5.74) is 0.845. The van der Waals surface area contributed by atoms with Gasteiger partial charge < -0.3 is 5.32 Å². The van der Waals surface area contributed by atoms with Crippen LogP contribution in [0.2, 0.25) is 0 Å². The monoisotopic (exact) mass is 266 g/mol. The maximum absolute atomic E-state index is 3.92. The normalized spacial score (nSPS) is 31.4. The van der Waals surface area contributed by atoms with Crippen LogP contribution in [0.3, 0.4) is 0 Å². The molecular formula is C17H34N2. The van der Waals surface area contributed by atoms with E-state index in [2.05, 4.69) is 37.9 Å². The van der Waals surface area contributed by atoms with Crippen LogP contribution in [0.4, 0.5) is 0 Å². The van der Waals surface area contributed by atoms with Gasteiger partial charge in [-0.1, -0.05) is 33.6 Å². The fourth-order valence-electron chi connectivity index (χ4n) is 3.88. The largest absolute Gasteiger partial charge is 0.308 e. The van der Waals surface area contributed by atoms with Crippen molar-refractivity contribution in [1.82, 2.24) is 10.2 Å². The maximum Gasteiger partial charge on any atom is 0.0309 e. The number of nitrogens with one attached hydrogen (secondary N) is 1. The van der Waals surface area contributed by atoms with Crippen molar-refractivity contribution in [3.63, 3.8) is 0 Å². The second-order valence-electron chi connectivity index (χ2n) is 7.65. The smallest absolute Gasteiger partial charge is 0.0309 e. The molecule has 0 aromatic rings. The van der Waals surface area contributed by atoms with Gasteiger partial charge in [0, 0.05) is 24.2 Å². The van der Waals surface area contributed by atoms with Crippen molar-refractivity contribution < 1.29 is 0 Å². The highest BCUT2D eigenvalue weighted by molar-refractivity contribution is 5.05. The molecule has 0 aromatic carbocycles. The molecule has 1 N–H and O–H groups in total. The first-order valence-corrected chi connectivity index (χ1v) is 8.50. The molecule has 2 heteroatoms. The van der Waals surface area contributed by atoms with Gasteiger partial charge in [0.25, 0.3) is 0 Å². The summed E-state index contributed by atoms with van der Waals surface area (Å²) >= 11 is 0. The fraction of sp³-hybridized carbons (Fsp3) is 1.00. The molecule has 2 aliphatic rings. The standard InChI is InChI=1S/C17H34N2/c1-5-16(4)13-18-17(10-6-7-11-17)14-19(16)12-8-9-15(2)3/h15,18H,5-14H2,1-4H3. The summed E-state index contributed by atoms with van der Waals surface area (Å²) < 4.78 is 0. The lowest BCUT2D eigenvalue weighted by Crippen LogP contribution is -2.68. The van der Waals surface area contributed by atoms with E-state index in [0.717, 1.165) is 5.92 Å². The van der Waals surface area contributed by atoms with Crippen molar-refractivity contribution in [1.29, 1.82) is 0 Å². The highest BCUT2D eigenvalue weighted by Gasteiger charge is 2.44. The topological polar surface area (TPSA) is 15.3 Å². The molecule has 19 heavy (non-hydrogen) atoms. The van der Waals surface area contributed by atoms with E-state index in [1.165, 1.54) is 64.6 Å². The molecule has 2 nitrogen and oxygen atoms in total. The van der Waals surface area contributed by atoms with Gasteiger partial charge in [0.2, 0.25) is 0 Å². The summed E-state index contributed by atoms with van der Waals surface area (Å²) in [6.07, 6.45) is 9.64. The Kier molecular flexibility index (Phi) is 4.94. The van der Waals surface area contributed by atoms with Gasteiger partial charge in [0.05, 0.1) is 0 Å². The first-order chi connectivity index (χ1) is 9.00. The van der Waals surface area contributed by atoms with Crippen LogP contribution in [0.5, 0.6) is 0 Å². The number of hydrogen-bond donors (Lipinski definition) is 1. The van der Waals surface area contributed by atoms with E-state index < -0.39 is 0 Å². The first-order valence-electron chi connectivity index (χ1n) is 8.50. The first kappa shape index (κ1) is 15.3. The molecule has 1 heterocycles. The predicted molar refractivity (Wildman–Crippen MR) is 83.5 cm³/mol. The molecule has 1 saturated heterocycles. The van der Waals surface area contributed by atoms with Crippen molar-refractivity contribution in [3.8, 4) is 0 Å². The Hall–Kier alpha value is -0.0800. The average molecular weight is 266 g/mol. The molecule has 1 saturated carbocycles. The molecule has 2 fully saturated rings. The van der Waals surface area contributed by atoms with E-state index in [-0.39, 0.29) is 0 Å². The van der Waals surface area contributed by atoms with Gasteiger partial charge in [-0.05, 0) is 51.5 Å². The zero-order valence-electron chi connectivity index (χ0n) is 13.6. The minimum atomic E-state index is 0.380. The van der Waals surface area contributed by atoms with Crippen LogP contribution in [0, 0.1) is 5.92 Å². The van der Waals surface area contributed by atoms with E-state index in [9.17, 15) is 0 Å². The SMILES string of the molecule is CCC1(C)CNC2(CCCC2)CN1CCCC(C)C. The number of piperazine rings is 1. The van der Waals surface area contributed by atoms with Crippen molar-refractivity contribution in [2.45, 2.75) is 83.7 Å². The van der Waals surface area contributed by atoms with Crippen LogP contribution in [-0.4, -0.2) is 35.6 Å².